The summed E-state index contributed by atoms with van der Waals surface area (Å²) in [5.74, 6) is 4.48. The molecular formula is C50H59N13O5. The van der Waals surface area contributed by atoms with Crippen molar-refractivity contribution in [3.05, 3.63) is 150 Å². The third-order valence-electron chi connectivity index (χ3n) is 11.3. The molecule has 0 saturated carbocycles. The number of unbranched alkanes of at least 4 members (excludes halogenated alkanes) is 1. The summed E-state index contributed by atoms with van der Waals surface area (Å²) in [6.07, 6.45) is 18.2. The minimum Gasteiger partial charge on any atom is -0.486 e. The monoisotopic (exact) mass is 921 g/mol. The lowest BCUT2D eigenvalue weighted by molar-refractivity contribution is -0.129. The zero-order valence-electron chi connectivity index (χ0n) is 39.0. The highest BCUT2D eigenvalue weighted by Gasteiger charge is 2.21. The van der Waals surface area contributed by atoms with Gasteiger partial charge in [-0.3, -0.25) is 18.9 Å². The second-order valence-corrected chi connectivity index (χ2v) is 16.8. The van der Waals surface area contributed by atoms with Crippen LogP contribution >= 0.6 is 0 Å². The Balaban J connectivity index is 0.000000184. The lowest BCUT2D eigenvalue weighted by Gasteiger charge is -2.21. The number of carbonyl (C=O) groups is 1. The highest BCUT2D eigenvalue weighted by molar-refractivity contribution is 5.76. The van der Waals surface area contributed by atoms with E-state index in [4.69, 9.17) is 28.9 Å². The number of fused-ring (bicyclic) bond motifs is 2. The Labute approximate surface area is 396 Å². The Hall–Kier alpha value is -7.28. The zero-order chi connectivity index (χ0) is 47.1. The molecule has 7 aromatic rings. The Morgan fingerprint density at radius 3 is 1.97 bits per heavy atom. The number of aromatic nitrogens is 9. The van der Waals surface area contributed by atoms with Crippen LogP contribution in [0.3, 0.4) is 0 Å². The highest BCUT2D eigenvalue weighted by atomic mass is 16.7. The number of ether oxygens (including phenoxy) is 4. The van der Waals surface area contributed by atoms with E-state index in [2.05, 4.69) is 65.1 Å². The van der Waals surface area contributed by atoms with Gasteiger partial charge in [0.25, 0.3) is 0 Å². The van der Waals surface area contributed by atoms with E-state index in [1.165, 1.54) is 5.56 Å². The molecule has 68 heavy (non-hydrogen) atoms. The molecule has 9 rings (SSSR count). The molecule has 18 nitrogen and oxygen atoms in total. The summed E-state index contributed by atoms with van der Waals surface area (Å²) in [5.41, 5.74) is 7.04. The van der Waals surface area contributed by atoms with Crippen LogP contribution < -0.4 is 34.9 Å². The Kier molecular flexibility index (Phi) is 16.3. The minimum atomic E-state index is -0.201. The van der Waals surface area contributed by atoms with Gasteiger partial charge in [0.1, 0.15) is 25.9 Å². The highest BCUT2D eigenvalue weighted by Crippen LogP contribution is 2.33. The fraction of sp³-hybridized carbons (Fsp3) is 0.360. The van der Waals surface area contributed by atoms with Gasteiger partial charge in [0.2, 0.25) is 24.6 Å². The first-order chi connectivity index (χ1) is 33.2. The van der Waals surface area contributed by atoms with Crippen LogP contribution in [-0.4, -0.2) is 109 Å². The molecule has 2 aliphatic rings. The number of amides is 1. The molecule has 0 spiro atoms. The van der Waals surface area contributed by atoms with Crippen molar-refractivity contribution in [2.75, 3.05) is 53.7 Å². The van der Waals surface area contributed by atoms with Crippen LogP contribution in [0, 0.1) is 13.8 Å². The van der Waals surface area contributed by atoms with Crippen LogP contribution in [0.15, 0.2) is 110 Å². The van der Waals surface area contributed by atoms with Crippen LogP contribution in [0.25, 0.3) is 11.9 Å². The normalized spacial score (nSPS) is 13.4. The molecule has 0 radical (unpaired) electrons. The van der Waals surface area contributed by atoms with Crippen molar-refractivity contribution in [1.82, 2.24) is 64.9 Å². The number of hydrogen-bond donors (Lipinski definition) is 3. The van der Waals surface area contributed by atoms with Gasteiger partial charge >= 0.3 is 0 Å². The summed E-state index contributed by atoms with van der Waals surface area (Å²) in [6, 6.07) is 20.0. The van der Waals surface area contributed by atoms with Gasteiger partial charge < -0.3 is 39.8 Å². The molecule has 0 saturated heterocycles. The topological polar surface area (TPSA) is 193 Å². The first kappa shape index (κ1) is 47.2. The van der Waals surface area contributed by atoms with Crippen LogP contribution in [0.1, 0.15) is 70.8 Å². The van der Waals surface area contributed by atoms with Crippen molar-refractivity contribution in [3.63, 3.8) is 0 Å². The smallest absolute Gasteiger partial charge is 0.235 e. The molecule has 354 valence electrons. The van der Waals surface area contributed by atoms with Crippen molar-refractivity contribution in [2.45, 2.75) is 64.6 Å². The fourth-order valence-corrected chi connectivity index (χ4v) is 7.76. The summed E-state index contributed by atoms with van der Waals surface area (Å²) in [6.45, 7) is 8.52. The summed E-state index contributed by atoms with van der Waals surface area (Å²) >= 11 is 0. The van der Waals surface area contributed by atoms with Crippen molar-refractivity contribution < 1.29 is 23.7 Å². The molecule has 0 bridgehead atoms. The van der Waals surface area contributed by atoms with Gasteiger partial charge in [-0.05, 0) is 105 Å². The molecule has 2 aliphatic heterocycles. The van der Waals surface area contributed by atoms with Crippen molar-refractivity contribution in [2.24, 2.45) is 0 Å². The first-order valence-electron chi connectivity index (χ1n) is 23.0. The first-order valence-corrected chi connectivity index (χ1v) is 23.0. The van der Waals surface area contributed by atoms with E-state index in [1.807, 2.05) is 73.4 Å². The molecule has 2 aromatic carbocycles. The maximum absolute atomic E-state index is 12.5. The standard InChI is InChI=1S/C25H27N7O2.C25H32N6O3/c1-18-11-22(31-25(30-18)32-10-9-28-16-32)21(12-19-3-2-6-26-14-19)29-8-7-27-15-20-4-5-23-24(13-20)34-17-33-23;1-18-14-21(29-25(28-18)31-11-10-26-17-31)20(16-24(32)30(2)3)27-9-5-4-6-19-7-8-22-23(15-19)34-13-12-33-22/h2-6,9-11,13-14,16,21,27,29H,7-8,12,15,17H2,1H3;7-8,10-11,14-15,17,20,27H,4-6,9,12-13,16H2,1-3H3. The lowest BCUT2D eigenvalue weighted by atomic mass is 10.0. The molecule has 0 aliphatic carbocycles. The zero-order valence-corrected chi connectivity index (χ0v) is 39.0. The molecule has 18 heteroatoms. The molecule has 1 amide bonds. The number of pyridine rings is 1. The number of carbonyl (C=O) groups excluding carboxylic acids is 1. The van der Waals surface area contributed by atoms with Gasteiger partial charge in [0.15, 0.2) is 23.0 Å². The van der Waals surface area contributed by atoms with Crippen LogP contribution in [-0.2, 0) is 24.2 Å². The third-order valence-corrected chi connectivity index (χ3v) is 11.3. The third kappa shape index (κ3) is 13.2. The summed E-state index contributed by atoms with van der Waals surface area (Å²) in [7, 11) is 3.55. The maximum Gasteiger partial charge on any atom is 0.235 e. The van der Waals surface area contributed by atoms with Gasteiger partial charge in [-0.15, -0.1) is 0 Å². The predicted octanol–water partition coefficient (Wildman–Crippen LogP) is 5.63. The van der Waals surface area contributed by atoms with Gasteiger partial charge in [-0.25, -0.2) is 29.9 Å². The molecule has 7 heterocycles. The number of benzene rings is 2. The number of nitrogens with zero attached hydrogens (tertiary/aromatic N) is 10. The van der Waals surface area contributed by atoms with Gasteiger partial charge in [0, 0.05) is 88.7 Å². The largest absolute Gasteiger partial charge is 0.486 e. The van der Waals surface area contributed by atoms with E-state index in [1.54, 1.807) is 54.8 Å². The summed E-state index contributed by atoms with van der Waals surface area (Å²) < 4.78 is 25.7. The van der Waals surface area contributed by atoms with Crippen LogP contribution in [0.5, 0.6) is 23.0 Å². The average molecular weight is 922 g/mol. The van der Waals surface area contributed by atoms with Gasteiger partial charge in [-0.1, -0.05) is 18.2 Å². The predicted molar refractivity (Wildman–Crippen MR) is 255 cm³/mol. The second-order valence-electron chi connectivity index (χ2n) is 16.8. The van der Waals surface area contributed by atoms with E-state index in [0.29, 0.717) is 38.3 Å². The SMILES string of the molecule is Cc1cc(C(CC(=O)N(C)C)NCCCCc2ccc3c(c2)OCCO3)nc(-n2ccnc2)n1.Cc1cc(C(Cc2cccnc2)NCCNCc2ccc3c(c2)OCO3)nc(-n2ccnc2)n1. The number of rotatable bonds is 20. The van der Waals surface area contributed by atoms with Crippen molar-refractivity contribution in [3.8, 4) is 34.9 Å². The Morgan fingerprint density at radius 1 is 0.662 bits per heavy atom. The molecule has 3 N–H and O–H groups in total. The van der Waals surface area contributed by atoms with Crippen LogP contribution in [0.4, 0.5) is 0 Å². The Bertz CT molecular complexity index is 2680. The van der Waals surface area contributed by atoms with Crippen LogP contribution in [0.2, 0.25) is 0 Å². The van der Waals surface area contributed by atoms with Gasteiger partial charge in [0.05, 0.1) is 23.5 Å². The quantitative estimate of drug-likeness (QED) is 0.0796. The lowest BCUT2D eigenvalue weighted by Crippen LogP contribution is -2.32. The minimum absolute atomic E-state index is 0.0144. The maximum atomic E-state index is 12.5. The molecular weight excluding hydrogens is 863 g/mol. The number of nitrogens with one attached hydrogen (secondary N) is 3. The second kappa shape index (κ2) is 23.4. The van der Waals surface area contributed by atoms with E-state index >= 15 is 0 Å². The van der Waals surface area contributed by atoms with Gasteiger partial charge in [-0.2, -0.15) is 0 Å². The van der Waals surface area contributed by atoms with E-state index < -0.39 is 0 Å². The van der Waals surface area contributed by atoms with Crippen molar-refractivity contribution in [1.29, 1.82) is 0 Å². The van der Waals surface area contributed by atoms with E-state index in [-0.39, 0.29) is 18.0 Å². The molecule has 2 unspecified atom stereocenters. The molecule has 2 atom stereocenters. The summed E-state index contributed by atoms with van der Waals surface area (Å²) in [4.78, 5) is 45.3. The number of hydrogen-bond acceptors (Lipinski definition) is 15. The molecule has 0 fully saturated rings. The number of aryl methyl sites for hydroxylation is 3. The Morgan fingerprint density at radius 2 is 1.29 bits per heavy atom. The number of imidazole rings is 2. The van der Waals surface area contributed by atoms with E-state index in [0.717, 1.165) is 109 Å². The molecule has 5 aromatic heterocycles. The average Bonchev–Trinajstić information content (AvgIpc) is 4.18. The van der Waals surface area contributed by atoms with Crippen molar-refractivity contribution >= 4 is 5.91 Å². The van der Waals surface area contributed by atoms with E-state index in [9.17, 15) is 4.79 Å². The fourth-order valence-electron chi connectivity index (χ4n) is 7.76. The summed E-state index contributed by atoms with van der Waals surface area (Å²) in [5, 5.41) is 10.7.